The standard InChI is InChI=1S/C13H18NO2/c1-4-14(5-2)11(3)16-13(15)12-9-7-6-8-10-12/h6-10H,4-5H2,1-3H3/q+1. The molecule has 0 spiro atoms. The molecule has 3 heteroatoms. The van der Waals surface area contributed by atoms with Crippen molar-refractivity contribution in [2.24, 2.45) is 0 Å². The van der Waals surface area contributed by atoms with Crippen molar-refractivity contribution in [1.82, 2.24) is 0 Å². The lowest BCUT2D eigenvalue weighted by molar-refractivity contribution is -0.528. The van der Waals surface area contributed by atoms with Gasteiger partial charge in [-0.15, -0.1) is 0 Å². The second-order valence-electron chi connectivity index (χ2n) is 3.45. The monoisotopic (exact) mass is 220 g/mol. The normalized spacial score (nSPS) is 9.69. The Balaban J connectivity index is 2.76. The summed E-state index contributed by atoms with van der Waals surface area (Å²) in [5.41, 5.74) is 0.578. The Kier molecular flexibility index (Phi) is 4.70. The van der Waals surface area contributed by atoms with Crippen LogP contribution in [-0.2, 0) is 4.74 Å². The van der Waals surface area contributed by atoms with E-state index in [0.717, 1.165) is 13.1 Å². The van der Waals surface area contributed by atoms with Crippen LogP contribution in [0.25, 0.3) is 0 Å². The van der Waals surface area contributed by atoms with E-state index in [1.165, 1.54) is 0 Å². The van der Waals surface area contributed by atoms with Crippen LogP contribution < -0.4 is 0 Å². The molecule has 0 heterocycles. The lowest BCUT2D eigenvalue weighted by Crippen LogP contribution is -2.23. The maximum Gasteiger partial charge on any atom is 0.347 e. The van der Waals surface area contributed by atoms with Crippen molar-refractivity contribution in [3.8, 4) is 0 Å². The molecule has 0 unspecified atom stereocenters. The van der Waals surface area contributed by atoms with Crippen LogP contribution in [0.2, 0.25) is 0 Å². The summed E-state index contributed by atoms with van der Waals surface area (Å²) in [5, 5.41) is 0. The fourth-order valence-corrected chi connectivity index (χ4v) is 1.50. The zero-order valence-electron chi connectivity index (χ0n) is 10.1. The van der Waals surface area contributed by atoms with Gasteiger partial charge >= 0.3 is 11.9 Å². The first-order valence-electron chi connectivity index (χ1n) is 5.54. The average molecular weight is 220 g/mol. The molecule has 0 bridgehead atoms. The number of hydrogen-bond acceptors (Lipinski definition) is 2. The highest BCUT2D eigenvalue weighted by Crippen LogP contribution is 2.01. The van der Waals surface area contributed by atoms with Crippen LogP contribution in [0.4, 0.5) is 0 Å². The third-order valence-electron chi connectivity index (χ3n) is 2.46. The summed E-state index contributed by atoms with van der Waals surface area (Å²) in [6.07, 6.45) is 0. The van der Waals surface area contributed by atoms with Gasteiger partial charge in [0.1, 0.15) is 13.1 Å². The first kappa shape index (κ1) is 12.4. The molecule has 1 rings (SSSR count). The van der Waals surface area contributed by atoms with Gasteiger partial charge in [-0.05, 0) is 26.0 Å². The Morgan fingerprint density at radius 3 is 2.25 bits per heavy atom. The van der Waals surface area contributed by atoms with Crippen LogP contribution >= 0.6 is 0 Å². The summed E-state index contributed by atoms with van der Waals surface area (Å²) >= 11 is 0. The summed E-state index contributed by atoms with van der Waals surface area (Å²) in [5.74, 6) is 0.351. The zero-order chi connectivity index (χ0) is 12.0. The van der Waals surface area contributed by atoms with Crippen molar-refractivity contribution in [3.63, 3.8) is 0 Å². The molecule has 0 aromatic heterocycles. The van der Waals surface area contributed by atoms with Gasteiger partial charge in [0.15, 0.2) is 0 Å². The van der Waals surface area contributed by atoms with E-state index in [2.05, 4.69) is 0 Å². The molecule has 0 aliphatic rings. The van der Waals surface area contributed by atoms with E-state index in [4.69, 9.17) is 4.74 Å². The predicted molar refractivity (Wildman–Crippen MR) is 63.9 cm³/mol. The van der Waals surface area contributed by atoms with Gasteiger partial charge < -0.3 is 4.74 Å². The maximum atomic E-state index is 11.7. The lowest BCUT2D eigenvalue weighted by atomic mass is 10.2. The highest BCUT2D eigenvalue weighted by molar-refractivity contribution is 5.96. The van der Waals surface area contributed by atoms with Gasteiger partial charge in [0.05, 0.1) is 12.5 Å². The molecule has 16 heavy (non-hydrogen) atoms. The Hall–Kier alpha value is -1.64. The fraction of sp³-hybridized carbons (Fsp3) is 0.385. The van der Waals surface area contributed by atoms with Crippen LogP contribution in [0.1, 0.15) is 31.1 Å². The number of carbonyl (C=O) groups is 1. The number of esters is 1. The van der Waals surface area contributed by atoms with Gasteiger partial charge in [0, 0.05) is 0 Å². The van der Waals surface area contributed by atoms with Crippen molar-refractivity contribution < 1.29 is 14.1 Å². The molecular formula is C13H18NO2+. The Morgan fingerprint density at radius 2 is 1.75 bits per heavy atom. The maximum absolute atomic E-state index is 11.7. The third kappa shape index (κ3) is 3.19. The summed E-state index contributed by atoms with van der Waals surface area (Å²) in [4.78, 5) is 11.7. The number of ether oxygens (including phenoxy) is 1. The predicted octanol–water partition coefficient (Wildman–Crippen LogP) is 2.31. The average Bonchev–Trinajstić information content (AvgIpc) is 2.31. The Morgan fingerprint density at radius 1 is 1.19 bits per heavy atom. The van der Waals surface area contributed by atoms with Crippen LogP contribution in [0.15, 0.2) is 30.3 Å². The van der Waals surface area contributed by atoms with Crippen LogP contribution in [0, 0.1) is 0 Å². The molecule has 86 valence electrons. The molecule has 3 nitrogen and oxygen atoms in total. The van der Waals surface area contributed by atoms with Crippen molar-refractivity contribution in [1.29, 1.82) is 0 Å². The minimum Gasteiger partial charge on any atom is -0.371 e. The largest absolute Gasteiger partial charge is 0.371 e. The van der Waals surface area contributed by atoms with Crippen molar-refractivity contribution in [2.75, 3.05) is 13.1 Å². The quantitative estimate of drug-likeness (QED) is 0.338. The van der Waals surface area contributed by atoms with E-state index in [1.54, 1.807) is 12.1 Å². The summed E-state index contributed by atoms with van der Waals surface area (Å²) in [6, 6.07) is 9.01. The lowest BCUT2D eigenvalue weighted by Gasteiger charge is -2.04. The summed E-state index contributed by atoms with van der Waals surface area (Å²) in [6.45, 7) is 7.55. The molecule has 0 aliphatic carbocycles. The second kappa shape index (κ2) is 6.05. The van der Waals surface area contributed by atoms with Gasteiger partial charge in [0.2, 0.25) is 0 Å². The minimum atomic E-state index is -0.301. The van der Waals surface area contributed by atoms with Crippen LogP contribution in [0.3, 0.4) is 0 Å². The van der Waals surface area contributed by atoms with E-state index >= 15 is 0 Å². The van der Waals surface area contributed by atoms with Gasteiger partial charge in [-0.2, -0.15) is 0 Å². The summed E-state index contributed by atoms with van der Waals surface area (Å²) < 4.78 is 7.28. The molecule has 0 atom stereocenters. The molecule has 0 N–H and O–H groups in total. The van der Waals surface area contributed by atoms with Gasteiger partial charge in [-0.1, -0.05) is 18.2 Å². The van der Waals surface area contributed by atoms with Crippen LogP contribution in [-0.4, -0.2) is 29.5 Å². The second-order valence-corrected chi connectivity index (χ2v) is 3.45. The smallest absolute Gasteiger partial charge is 0.347 e. The van der Waals surface area contributed by atoms with Crippen LogP contribution in [0.5, 0.6) is 0 Å². The van der Waals surface area contributed by atoms with Crippen molar-refractivity contribution in [2.45, 2.75) is 20.8 Å². The molecule has 0 amide bonds. The molecule has 0 fully saturated rings. The first-order chi connectivity index (χ1) is 7.69. The molecule has 1 aromatic carbocycles. The number of benzene rings is 1. The highest BCUT2D eigenvalue weighted by Gasteiger charge is 2.13. The minimum absolute atomic E-state index is 0.301. The first-order valence-corrected chi connectivity index (χ1v) is 5.54. The Bertz CT molecular complexity index is 376. The number of hydrogen-bond donors (Lipinski definition) is 0. The topological polar surface area (TPSA) is 29.3 Å². The molecule has 1 aromatic rings. The number of rotatable bonds is 3. The van der Waals surface area contributed by atoms with E-state index in [1.807, 2.05) is 43.5 Å². The molecular weight excluding hydrogens is 202 g/mol. The molecule has 0 saturated heterocycles. The zero-order valence-corrected chi connectivity index (χ0v) is 10.1. The molecule has 0 saturated carbocycles. The molecule has 0 aliphatic heterocycles. The van der Waals surface area contributed by atoms with Gasteiger partial charge in [0.25, 0.3) is 0 Å². The van der Waals surface area contributed by atoms with Crippen molar-refractivity contribution in [3.05, 3.63) is 35.9 Å². The number of carbonyl (C=O) groups excluding carboxylic acids is 1. The van der Waals surface area contributed by atoms with Crippen molar-refractivity contribution >= 4 is 11.9 Å². The van der Waals surface area contributed by atoms with E-state index < -0.39 is 0 Å². The SMILES string of the molecule is CC[N+](CC)=C(C)OC(=O)c1ccccc1. The third-order valence-corrected chi connectivity index (χ3v) is 2.46. The summed E-state index contributed by atoms with van der Waals surface area (Å²) in [7, 11) is 0. The molecule has 0 radical (unpaired) electrons. The highest BCUT2D eigenvalue weighted by atomic mass is 16.5. The van der Waals surface area contributed by atoms with Gasteiger partial charge in [-0.3, -0.25) is 0 Å². The van der Waals surface area contributed by atoms with Gasteiger partial charge in [-0.25, -0.2) is 9.37 Å². The van der Waals surface area contributed by atoms with E-state index in [-0.39, 0.29) is 5.97 Å². The fourth-order valence-electron chi connectivity index (χ4n) is 1.50. The van der Waals surface area contributed by atoms with E-state index in [0.29, 0.717) is 11.5 Å². The number of nitrogens with zero attached hydrogens (tertiary/aromatic N) is 1. The Labute approximate surface area is 96.4 Å². The van der Waals surface area contributed by atoms with E-state index in [9.17, 15) is 4.79 Å².